The fourth-order valence-corrected chi connectivity index (χ4v) is 4.20. The lowest BCUT2D eigenvalue weighted by Gasteiger charge is -2.44. The number of hydrogen-bond acceptors (Lipinski definition) is 3. The number of aromatic amines is 1. The molecule has 0 radical (unpaired) electrons. The summed E-state index contributed by atoms with van der Waals surface area (Å²) < 4.78 is 5.91. The molecular formula is C21H27N3O. The molecule has 1 saturated heterocycles. The lowest BCUT2D eigenvalue weighted by Crippen LogP contribution is -2.50. The van der Waals surface area contributed by atoms with E-state index >= 15 is 0 Å². The number of nitrogens with one attached hydrogen (secondary N) is 2. The molecule has 0 spiro atoms. The number of methoxy groups -OCH3 is 1. The zero-order valence-corrected chi connectivity index (χ0v) is 15.3. The van der Waals surface area contributed by atoms with Gasteiger partial charge in [0.05, 0.1) is 6.04 Å². The van der Waals surface area contributed by atoms with Gasteiger partial charge in [-0.2, -0.15) is 0 Å². The molecule has 25 heavy (non-hydrogen) atoms. The van der Waals surface area contributed by atoms with Gasteiger partial charge in [-0.25, -0.2) is 0 Å². The Bertz CT molecular complexity index is 759. The van der Waals surface area contributed by atoms with Crippen molar-refractivity contribution < 1.29 is 4.74 Å². The van der Waals surface area contributed by atoms with Crippen LogP contribution in [0.5, 0.6) is 0 Å². The van der Waals surface area contributed by atoms with Crippen molar-refractivity contribution in [1.82, 2.24) is 15.2 Å². The zero-order valence-electron chi connectivity index (χ0n) is 15.3. The van der Waals surface area contributed by atoms with Crippen LogP contribution in [0.2, 0.25) is 0 Å². The van der Waals surface area contributed by atoms with Crippen LogP contribution >= 0.6 is 0 Å². The number of hydrogen-bond donors (Lipinski definition) is 2. The van der Waals surface area contributed by atoms with Crippen LogP contribution in [0.1, 0.15) is 48.5 Å². The lowest BCUT2D eigenvalue weighted by atomic mass is 9.90. The normalized spacial score (nSPS) is 21.9. The average Bonchev–Trinajstić information content (AvgIpc) is 3.04. The Hall–Kier alpha value is -2.04. The van der Waals surface area contributed by atoms with Gasteiger partial charge in [0.2, 0.25) is 0 Å². The van der Waals surface area contributed by atoms with Crippen LogP contribution in [-0.4, -0.2) is 30.1 Å². The highest BCUT2D eigenvalue weighted by Gasteiger charge is 2.36. The average molecular weight is 337 g/mol. The zero-order chi connectivity index (χ0) is 17.4. The van der Waals surface area contributed by atoms with Gasteiger partial charge >= 0.3 is 0 Å². The van der Waals surface area contributed by atoms with Gasteiger partial charge in [0, 0.05) is 49.4 Å². The van der Waals surface area contributed by atoms with Gasteiger partial charge < -0.3 is 15.0 Å². The van der Waals surface area contributed by atoms with Gasteiger partial charge in [0.1, 0.15) is 6.23 Å². The molecule has 2 unspecified atom stereocenters. The van der Waals surface area contributed by atoms with E-state index in [2.05, 4.69) is 71.8 Å². The van der Waals surface area contributed by atoms with E-state index < -0.39 is 0 Å². The van der Waals surface area contributed by atoms with Gasteiger partial charge in [0.25, 0.3) is 0 Å². The van der Waals surface area contributed by atoms with Crippen LogP contribution < -0.4 is 5.32 Å². The van der Waals surface area contributed by atoms with Crippen LogP contribution in [0, 0.1) is 5.92 Å². The number of aromatic nitrogens is 1. The minimum atomic E-state index is 0.0298. The Balaban J connectivity index is 1.47. The molecule has 4 heteroatoms. The summed E-state index contributed by atoms with van der Waals surface area (Å²) in [6.07, 6.45) is 5.40. The molecular weight excluding hydrogens is 310 g/mol. The Morgan fingerprint density at radius 1 is 1.24 bits per heavy atom. The fourth-order valence-electron chi connectivity index (χ4n) is 4.20. The van der Waals surface area contributed by atoms with Gasteiger partial charge in [-0.1, -0.05) is 30.3 Å². The van der Waals surface area contributed by atoms with E-state index in [9.17, 15) is 0 Å². The maximum atomic E-state index is 5.91. The Morgan fingerprint density at radius 3 is 2.72 bits per heavy atom. The van der Waals surface area contributed by atoms with Crippen LogP contribution in [-0.2, 0) is 11.2 Å². The Morgan fingerprint density at radius 2 is 2.00 bits per heavy atom. The Labute approximate surface area is 149 Å². The third kappa shape index (κ3) is 3.00. The summed E-state index contributed by atoms with van der Waals surface area (Å²) in [6, 6.07) is 11.1. The smallest absolute Gasteiger partial charge is 0.138 e. The quantitative estimate of drug-likeness (QED) is 0.870. The number of ether oxygens (including phenoxy) is 1. The standard InChI is InChI=1S/C21H27N3O/c1-14-10-22-15(2)19-18(11-23-20(14)19)21(25-3)24-12-17(13-24)9-16-7-5-4-6-8-16/h4-8,10-11,15,17,21-23H,9,12-13H2,1-3H3. The largest absolute Gasteiger partial charge is 0.384 e. The number of allylic oxidation sites excluding steroid dienone is 1. The predicted molar refractivity (Wildman–Crippen MR) is 101 cm³/mol. The summed E-state index contributed by atoms with van der Waals surface area (Å²) in [5.74, 6) is 0.715. The molecule has 1 fully saturated rings. The second-order valence-electron chi connectivity index (χ2n) is 7.35. The molecule has 2 aliphatic heterocycles. The molecule has 0 saturated carbocycles. The maximum absolute atomic E-state index is 5.91. The van der Waals surface area contributed by atoms with Crippen LogP contribution in [0.15, 0.2) is 42.7 Å². The van der Waals surface area contributed by atoms with Crippen molar-refractivity contribution in [1.29, 1.82) is 0 Å². The van der Waals surface area contributed by atoms with Gasteiger partial charge in [-0.3, -0.25) is 4.90 Å². The summed E-state index contributed by atoms with van der Waals surface area (Å²) >= 11 is 0. The van der Waals surface area contributed by atoms with Crippen molar-refractivity contribution in [3.63, 3.8) is 0 Å². The molecule has 4 nitrogen and oxygen atoms in total. The first-order valence-corrected chi connectivity index (χ1v) is 9.12. The summed E-state index contributed by atoms with van der Waals surface area (Å²) in [5.41, 5.74) is 6.53. The van der Waals surface area contributed by atoms with Crippen LogP contribution in [0.4, 0.5) is 0 Å². The molecule has 1 aromatic carbocycles. The van der Waals surface area contributed by atoms with Gasteiger partial charge in [-0.05, 0) is 37.3 Å². The third-order valence-corrected chi connectivity index (χ3v) is 5.50. The Kier molecular flexibility index (Phi) is 4.40. The van der Waals surface area contributed by atoms with Gasteiger partial charge in [0.15, 0.2) is 0 Å². The third-order valence-electron chi connectivity index (χ3n) is 5.50. The molecule has 2 N–H and O–H groups in total. The minimum absolute atomic E-state index is 0.0298. The molecule has 2 aromatic rings. The van der Waals surface area contributed by atoms with Crippen molar-refractivity contribution in [3.05, 3.63) is 65.1 Å². The first-order valence-electron chi connectivity index (χ1n) is 9.12. The topological polar surface area (TPSA) is 40.3 Å². The van der Waals surface area contributed by atoms with Crippen LogP contribution in [0.25, 0.3) is 5.57 Å². The molecule has 2 atom stereocenters. The van der Waals surface area contributed by atoms with Crippen molar-refractivity contribution in [2.75, 3.05) is 20.2 Å². The molecule has 3 heterocycles. The SMILES string of the molecule is COC(c1c[nH]c2c1C(C)NC=C2C)N1CC(Cc2ccccc2)C1. The number of H-pyrrole nitrogens is 1. The molecule has 132 valence electrons. The molecule has 1 aromatic heterocycles. The predicted octanol–water partition coefficient (Wildman–Crippen LogP) is 3.86. The number of benzene rings is 1. The highest BCUT2D eigenvalue weighted by atomic mass is 16.5. The number of likely N-dealkylation sites (tertiary alicyclic amines) is 1. The second-order valence-corrected chi connectivity index (χ2v) is 7.35. The van der Waals surface area contributed by atoms with E-state index in [0.717, 1.165) is 19.5 Å². The van der Waals surface area contributed by atoms with E-state index in [4.69, 9.17) is 4.74 Å². The molecule has 2 aliphatic rings. The number of rotatable bonds is 5. The molecule has 0 aliphatic carbocycles. The first-order chi connectivity index (χ1) is 12.2. The van der Waals surface area contributed by atoms with Crippen molar-refractivity contribution in [2.24, 2.45) is 5.92 Å². The summed E-state index contributed by atoms with van der Waals surface area (Å²) in [4.78, 5) is 5.90. The lowest BCUT2D eigenvalue weighted by molar-refractivity contribution is -0.0914. The van der Waals surface area contributed by atoms with E-state index in [1.165, 1.54) is 28.0 Å². The van der Waals surface area contributed by atoms with Crippen LogP contribution in [0.3, 0.4) is 0 Å². The first kappa shape index (κ1) is 16.4. The second kappa shape index (κ2) is 6.70. The van der Waals surface area contributed by atoms with E-state index in [0.29, 0.717) is 12.0 Å². The molecule has 0 bridgehead atoms. The fraction of sp³-hybridized carbons (Fsp3) is 0.429. The van der Waals surface area contributed by atoms with Gasteiger partial charge in [-0.15, -0.1) is 0 Å². The number of fused-ring (bicyclic) bond motifs is 1. The molecule has 0 amide bonds. The number of nitrogens with zero attached hydrogens (tertiary/aromatic N) is 1. The van der Waals surface area contributed by atoms with E-state index in [1.54, 1.807) is 0 Å². The summed E-state index contributed by atoms with van der Waals surface area (Å²) in [5, 5.41) is 3.45. The van der Waals surface area contributed by atoms with Crippen molar-refractivity contribution >= 4 is 5.57 Å². The highest BCUT2D eigenvalue weighted by Crippen LogP contribution is 2.38. The van der Waals surface area contributed by atoms with Crippen molar-refractivity contribution in [3.8, 4) is 0 Å². The highest BCUT2D eigenvalue weighted by molar-refractivity contribution is 5.67. The monoisotopic (exact) mass is 337 g/mol. The summed E-state index contributed by atoms with van der Waals surface area (Å²) in [6.45, 7) is 6.52. The van der Waals surface area contributed by atoms with E-state index in [-0.39, 0.29) is 6.23 Å². The van der Waals surface area contributed by atoms with E-state index in [1.807, 2.05) is 7.11 Å². The molecule has 4 rings (SSSR count). The van der Waals surface area contributed by atoms with Crippen molar-refractivity contribution in [2.45, 2.75) is 32.5 Å². The summed E-state index contributed by atoms with van der Waals surface area (Å²) in [7, 11) is 1.82. The maximum Gasteiger partial charge on any atom is 0.138 e. The minimum Gasteiger partial charge on any atom is -0.384 e.